The number of carbonyl (C=O) groups is 1. The Balaban J connectivity index is 1.53. The Bertz CT molecular complexity index is 868. The molecule has 0 unspecified atom stereocenters. The molecule has 0 aliphatic rings. The van der Waals surface area contributed by atoms with Gasteiger partial charge in [0.25, 0.3) is 5.91 Å². The second-order valence-corrected chi connectivity index (χ2v) is 6.56. The van der Waals surface area contributed by atoms with Crippen molar-refractivity contribution in [2.45, 2.75) is 13.2 Å². The van der Waals surface area contributed by atoms with Gasteiger partial charge in [-0.1, -0.05) is 29.8 Å². The third-order valence-electron chi connectivity index (χ3n) is 3.31. The quantitative estimate of drug-likeness (QED) is 0.691. The number of benzene rings is 2. The van der Waals surface area contributed by atoms with Crippen LogP contribution in [-0.4, -0.2) is 10.9 Å². The van der Waals surface area contributed by atoms with Gasteiger partial charge in [-0.25, -0.2) is 9.37 Å². The van der Waals surface area contributed by atoms with Crippen molar-refractivity contribution in [1.29, 1.82) is 0 Å². The van der Waals surface area contributed by atoms with E-state index in [1.165, 1.54) is 23.5 Å². The summed E-state index contributed by atoms with van der Waals surface area (Å²) in [5, 5.41) is 5.71. The predicted molar refractivity (Wildman–Crippen MR) is 95.5 cm³/mol. The van der Waals surface area contributed by atoms with E-state index in [9.17, 15) is 9.18 Å². The maximum atomic E-state index is 12.9. The van der Waals surface area contributed by atoms with Crippen LogP contribution >= 0.6 is 22.9 Å². The highest BCUT2D eigenvalue weighted by atomic mass is 35.5. The molecule has 1 aromatic heterocycles. The highest BCUT2D eigenvalue weighted by molar-refractivity contribution is 7.09. The minimum absolute atomic E-state index is 0.260. The Morgan fingerprint density at radius 3 is 2.80 bits per heavy atom. The van der Waals surface area contributed by atoms with Crippen LogP contribution in [0.3, 0.4) is 0 Å². The van der Waals surface area contributed by atoms with Crippen LogP contribution in [0.4, 0.5) is 4.39 Å². The molecule has 0 radical (unpaired) electrons. The third-order valence-corrected chi connectivity index (χ3v) is 4.37. The molecule has 0 bridgehead atoms. The van der Waals surface area contributed by atoms with Crippen molar-refractivity contribution in [3.8, 4) is 5.75 Å². The maximum absolute atomic E-state index is 12.9. The average molecular weight is 377 g/mol. The summed E-state index contributed by atoms with van der Waals surface area (Å²) < 4.78 is 18.5. The van der Waals surface area contributed by atoms with E-state index in [1.54, 1.807) is 41.8 Å². The third kappa shape index (κ3) is 5.01. The van der Waals surface area contributed by atoms with Gasteiger partial charge in [-0.3, -0.25) is 4.79 Å². The zero-order valence-corrected chi connectivity index (χ0v) is 14.6. The highest BCUT2D eigenvalue weighted by Crippen LogP contribution is 2.19. The van der Waals surface area contributed by atoms with Crippen LogP contribution in [0, 0.1) is 5.82 Å². The Morgan fingerprint density at radius 1 is 1.24 bits per heavy atom. The SMILES string of the molecule is O=C(NCc1ccc(F)cc1)c1csc(COc2cccc(Cl)c2)n1. The molecule has 0 aliphatic carbocycles. The topological polar surface area (TPSA) is 51.2 Å². The Kier molecular flexibility index (Phi) is 5.63. The van der Waals surface area contributed by atoms with Crippen LogP contribution in [0.15, 0.2) is 53.9 Å². The van der Waals surface area contributed by atoms with E-state index in [2.05, 4.69) is 10.3 Å². The van der Waals surface area contributed by atoms with Crippen LogP contribution in [0.1, 0.15) is 21.1 Å². The van der Waals surface area contributed by atoms with Gasteiger partial charge in [-0.2, -0.15) is 0 Å². The number of nitrogens with one attached hydrogen (secondary N) is 1. The molecule has 1 N–H and O–H groups in total. The summed E-state index contributed by atoms with van der Waals surface area (Å²) in [6.07, 6.45) is 0. The Morgan fingerprint density at radius 2 is 2.04 bits per heavy atom. The number of amides is 1. The van der Waals surface area contributed by atoms with Crippen molar-refractivity contribution in [1.82, 2.24) is 10.3 Å². The molecule has 25 heavy (non-hydrogen) atoms. The van der Waals surface area contributed by atoms with E-state index >= 15 is 0 Å². The fourth-order valence-corrected chi connectivity index (χ4v) is 2.92. The van der Waals surface area contributed by atoms with Crippen LogP contribution in [-0.2, 0) is 13.2 Å². The van der Waals surface area contributed by atoms with E-state index in [0.717, 1.165) is 5.56 Å². The summed E-state index contributed by atoms with van der Waals surface area (Å²) in [6.45, 7) is 0.571. The van der Waals surface area contributed by atoms with Gasteiger partial charge in [0.1, 0.15) is 28.9 Å². The number of thiazole rings is 1. The van der Waals surface area contributed by atoms with Gasteiger partial charge in [0.2, 0.25) is 0 Å². The van der Waals surface area contributed by atoms with Crippen molar-refractivity contribution in [2.75, 3.05) is 0 Å². The first-order valence-corrected chi connectivity index (χ1v) is 8.71. The molecule has 2 aromatic carbocycles. The lowest BCUT2D eigenvalue weighted by atomic mass is 10.2. The lowest BCUT2D eigenvalue weighted by Crippen LogP contribution is -2.23. The van der Waals surface area contributed by atoms with Gasteiger partial charge in [-0.15, -0.1) is 11.3 Å². The predicted octanol–water partition coefficient (Wildman–Crippen LogP) is 4.44. The number of carbonyl (C=O) groups excluding carboxylic acids is 1. The summed E-state index contributed by atoms with van der Waals surface area (Å²) in [5.74, 6) is 0.0542. The number of aromatic nitrogens is 1. The van der Waals surface area contributed by atoms with E-state index < -0.39 is 0 Å². The molecule has 1 heterocycles. The lowest BCUT2D eigenvalue weighted by Gasteiger charge is -2.04. The second kappa shape index (κ2) is 8.09. The van der Waals surface area contributed by atoms with Gasteiger partial charge < -0.3 is 10.1 Å². The molecule has 3 aromatic rings. The fraction of sp³-hybridized carbons (Fsp3) is 0.111. The summed E-state index contributed by atoms with van der Waals surface area (Å²) in [6, 6.07) is 13.0. The van der Waals surface area contributed by atoms with Crippen molar-refractivity contribution < 1.29 is 13.9 Å². The minimum atomic E-state index is -0.307. The summed E-state index contributed by atoms with van der Waals surface area (Å²) in [4.78, 5) is 16.4. The average Bonchev–Trinajstić information content (AvgIpc) is 3.08. The Labute approximate surface area is 153 Å². The first-order valence-electron chi connectivity index (χ1n) is 7.45. The molecule has 0 fully saturated rings. The van der Waals surface area contributed by atoms with E-state index in [0.29, 0.717) is 28.0 Å². The molecule has 0 atom stereocenters. The Hall–Kier alpha value is -2.44. The molecule has 1 amide bonds. The summed E-state index contributed by atoms with van der Waals surface area (Å²) in [7, 11) is 0. The number of ether oxygens (including phenoxy) is 1. The van der Waals surface area contributed by atoms with Crippen LogP contribution < -0.4 is 10.1 Å². The lowest BCUT2D eigenvalue weighted by molar-refractivity contribution is 0.0946. The molecule has 7 heteroatoms. The molecule has 0 aliphatic heterocycles. The van der Waals surface area contributed by atoms with Gasteiger partial charge in [-0.05, 0) is 35.9 Å². The van der Waals surface area contributed by atoms with Gasteiger partial charge in [0.15, 0.2) is 0 Å². The molecule has 3 rings (SSSR count). The summed E-state index contributed by atoms with van der Waals surface area (Å²) in [5.41, 5.74) is 1.14. The minimum Gasteiger partial charge on any atom is -0.486 e. The molecule has 0 spiro atoms. The normalized spacial score (nSPS) is 10.5. The zero-order chi connectivity index (χ0) is 17.6. The second-order valence-electron chi connectivity index (χ2n) is 5.18. The number of rotatable bonds is 6. The van der Waals surface area contributed by atoms with Crippen LogP contribution in [0.5, 0.6) is 5.75 Å². The van der Waals surface area contributed by atoms with Crippen molar-refractivity contribution in [3.63, 3.8) is 0 Å². The smallest absolute Gasteiger partial charge is 0.271 e. The molecule has 0 saturated carbocycles. The van der Waals surface area contributed by atoms with Gasteiger partial charge in [0, 0.05) is 16.9 Å². The van der Waals surface area contributed by atoms with Crippen LogP contribution in [0.25, 0.3) is 0 Å². The van der Waals surface area contributed by atoms with E-state index in [4.69, 9.17) is 16.3 Å². The number of hydrogen-bond donors (Lipinski definition) is 1. The first-order chi connectivity index (χ1) is 12.1. The molecular formula is C18H14ClFN2O2S. The first kappa shape index (κ1) is 17.4. The van der Waals surface area contributed by atoms with E-state index in [1.807, 2.05) is 0 Å². The summed E-state index contributed by atoms with van der Waals surface area (Å²) >= 11 is 7.24. The molecular weight excluding hydrogens is 363 g/mol. The fourth-order valence-electron chi connectivity index (χ4n) is 2.06. The molecule has 0 saturated heterocycles. The van der Waals surface area contributed by atoms with E-state index in [-0.39, 0.29) is 18.3 Å². The van der Waals surface area contributed by atoms with Gasteiger partial charge in [0.05, 0.1) is 0 Å². The standard InChI is InChI=1S/C18H14ClFN2O2S/c19-13-2-1-3-15(8-13)24-10-17-22-16(11-25-17)18(23)21-9-12-4-6-14(20)7-5-12/h1-8,11H,9-10H2,(H,21,23). The maximum Gasteiger partial charge on any atom is 0.271 e. The monoisotopic (exact) mass is 376 g/mol. The van der Waals surface area contributed by atoms with Crippen LogP contribution in [0.2, 0.25) is 5.02 Å². The van der Waals surface area contributed by atoms with Gasteiger partial charge >= 0.3 is 0 Å². The van der Waals surface area contributed by atoms with Crippen molar-refractivity contribution in [2.24, 2.45) is 0 Å². The highest BCUT2D eigenvalue weighted by Gasteiger charge is 2.11. The number of halogens is 2. The zero-order valence-electron chi connectivity index (χ0n) is 13.0. The number of nitrogens with zero attached hydrogens (tertiary/aromatic N) is 1. The molecule has 4 nitrogen and oxygen atoms in total. The largest absolute Gasteiger partial charge is 0.486 e. The van der Waals surface area contributed by atoms with Crippen molar-refractivity contribution >= 4 is 28.8 Å². The van der Waals surface area contributed by atoms with Crippen molar-refractivity contribution in [3.05, 3.63) is 81.0 Å². The molecule has 128 valence electrons. The number of hydrogen-bond acceptors (Lipinski definition) is 4.